The maximum atomic E-state index is 6.26. The Morgan fingerprint density at radius 2 is 1.60 bits per heavy atom. The Bertz CT molecular complexity index is 1210. The van der Waals surface area contributed by atoms with Gasteiger partial charge >= 0.3 is 0 Å². The largest absolute Gasteiger partial charge is 0.475 e. The Morgan fingerprint density at radius 3 is 2.20 bits per heavy atom. The van der Waals surface area contributed by atoms with Gasteiger partial charge in [0, 0.05) is 22.7 Å². The van der Waals surface area contributed by atoms with Crippen LogP contribution in [0.3, 0.4) is 0 Å². The first-order valence-corrected chi connectivity index (χ1v) is 12.2. The number of benzene rings is 3. The Balaban J connectivity index is 1.91. The van der Waals surface area contributed by atoms with E-state index in [2.05, 4.69) is 33.6 Å². The van der Waals surface area contributed by atoms with E-state index in [0.29, 0.717) is 19.1 Å². The number of nitrogens with two attached hydrogens (primary N) is 1. The molecule has 0 aliphatic carbocycles. The topological polar surface area (TPSA) is 56.5 Å². The Hall–Kier alpha value is -3.50. The Labute approximate surface area is 216 Å². The average molecular weight is 531 g/mol. The van der Waals surface area contributed by atoms with E-state index in [0.717, 1.165) is 38.0 Å². The zero-order chi connectivity index (χ0) is 25.0. The van der Waals surface area contributed by atoms with Gasteiger partial charge in [-0.2, -0.15) is 0 Å². The van der Waals surface area contributed by atoms with Gasteiger partial charge < -0.3 is 20.5 Å². The quantitative estimate of drug-likeness (QED) is 0.156. The van der Waals surface area contributed by atoms with Gasteiger partial charge in [-0.15, -0.1) is 5.73 Å². The van der Waals surface area contributed by atoms with Crippen LogP contribution < -0.4 is 11.1 Å². The fourth-order valence-electron chi connectivity index (χ4n) is 3.61. The summed E-state index contributed by atoms with van der Waals surface area (Å²) in [5.41, 5.74) is 15.1. The normalized spacial score (nSPS) is 12.5. The molecule has 0 aromatic heterocycles. The molecule has 0 saturated heterocycles. The van der Waals surface area contributed by atoms with Crippen LogP contribution in [-0.2, 0) is 22.7 Å². The number of ether oxygens (including phenoxy) is 2. The van der Waals surface area contributed by atoms with E-state index in [1.165, 1.54) is 0 Å². The summed E-state index contributed by atoms with van der Waals surface area (Å²) < 4.78 is 13.0. The van der Waals surface area contributed by atoms with Crippen molar-refractivity contribution in [3.05, 3.63) is 136 Å². The highest BCUT2D eigenvalue weighted by Gasteiger charge is 2.19. The standard InChI is InChI=1S/C30H31BrN2O2/c1-4-25(27-16-11-17-28(31)30(27)33-3)26(22(2)34-20-23-12-7-5-8-13-23)18-19-29(32)35-21-24-14-9-6-10-15-24/h5-19,22,33H,1,20-21,32H2,2-3H3/b26-18+,29-19+. The molecule has 3 aromatic carbocycles. The molecule has 0 radical (unpaired) electrons. The molecule has 0 aliphatic rings. The van der Waals surface area contributed by atoms with E-state index in [-0.39, 0.29) is 6.10 Å². The molecule has 0 heterocycles. The zero-order valence-corrected chi connectivity index (χ0v) is 21.7. The highest BCUT2D eigenvalue weighted by Crippen LogP contribution is 2.35. The minimum atomic E-state index is -0.263. The molecule has 3 N–H and O–H groups in total. The zero-order valence-electron chi connectivity index (χ0n) is 20.1. The number of rotatable bonds is 11. The van der Waals surface area contributed by atoms with E-state index < -0.39 is 0 Å². The monoisotopic (exact) mass is 530 g/mol. The molecular weight excluding hydrogens is 500 g/mol. The van der Waals surface area contributed by atoms with Crippen LogP contribution in [0.15, 0.2) is 119 Å². The van der Waals surface area contributed by atoms with E-state index in [1.807, 2.05) is 98.9 Å². The first-order chi connectivity index (χ1) is 17.0. The van der Waals surface area contributed by atoms with Crippen LogP contribution in [0.2, 0.25) is 0 Å². The lowest BCUT2D eigenvalue weighted by Crippen LogP contribution is -2.14. The van der Waals surface area contributed by atoms with E-state index in [4.69, 9.17) is 15.2 Å². The molecule has 0 fully saturated rings. The van der Waals surface area contributed by atoms with Gasteiger partial charge in [0.05, 0.1) is 18.4 Å². The van der Waals surface area contributed by atoms with Crippen LogP contribution >= 0.6 is 15.9 Å². The summed E-state index contributed by atoms with van der Waals surface area (Å²) in [4.78, 5) is 0. The van der Waals surface area contributed by atoms with Gasteiger partial charge in [0.25, 0.3) is 0 Å². The van der Waals surface area contributed by atoms with Gasteiger partial charge in [0.1, 0.15) is 6.61 Å². The third-order valence-electron chi connectivity index (χ3n) is 5.45. The fraction of sp³-hybridized carbons (Fsp3) is 0.167. The molecule has 35 heavy (non-hydrogen) atoms. The number of anilines is 1. The van der Waals surface area contributed by atoms with Gasteiger partial charge in [-0.25, -0.2) is 0 Å². The number of para-hydroxylation sites is 1. The minimum Gasteiger partial charge on any atom is -0.475 e. The second-order valence-corrected chi connectivity index (χ2v) is 8.72. The third kappa shape index (κ3) is 7.49. The molecule has 1 unspecified atom stereocenters. The second-order valence-electron chi connectivity index (χ2n) is 7.87. The van der Waals surface area contributed by atoms with Crippen LogP contribution in [0.1, 0.15) is 23.6 Å². The molecule has 3 rings (SSSR count). The highest BCUT2D eigenvalue weighted by atomic mass is 79.9. The molecule has 0 spiro atoms. The lowest BCUT2D eigenvalue weighted by atomic mass is 9.93. The van der Waals surface area contributed by atoms with Gasteiger partial charge in [-0.05, 0) is 57.8 Å². The van der Waals surface area contributed by atoms with Crippen molar-refractivity contribution in [2.45, 2.75) is 26.2 Å². The highest BCUT2D eigenvalue weighted by molar-refractivity contribution is 9.10. The maximum Gasteiger partial charge on any atom is 0.184 e. The van der Waals surface area contributed by atoms with Crippen molar-refractivity contribution in [3.8, 4) is 0 Å². The summed E-state index contributed by atoms with van der Waals surface area (Å²) >= 11 is 3.63. The Kier molecular flexibility index (Phi) is 10.00. The number of halogens is 1. The van der Waals surface area contributed by atoms with Crippen LogP contribution in [0.4, 0.5) is 5.69 Å². The van der Waals surface area contributed by atoms with Gasteiger partial charge in [0.2, 0.25) is 0 Å². The van der Waals surface area contributed by atoms with Crippen LogP contribution in [-0.4, -0.2) is 13.2 Å². The molecule has 180 valence electrons. The molecule has 0 saturated carbocycles. The second kappa shape index (κ2) is 13.4. The van der Waals surface area contributed by atoms with E-state index in [1.54, 1.807) is 6.08 Å². The number of hydrogen-bond donors (Lipinski definition) is 2. The molecular formula is C30H31BrN2O2. The van der Waals surface area contributed by atoms with Crippen molar-refractivity contribution in [1.82, 2.24) is 0 Å². The summed E-state index contributed by atoms with van der Waals surface area (Å²) in [5, 5.41) is 3.27. The average Bonchev–Trinajstić information content (AvgIpc) is 2.89. The van der Waals surface area contributed by atoms with Gasteiger partial charge in [-0.1, -0.05) is 79.4 Å². The summed E-state index contributed by atoms with van der Waals surface area (Å²) in [6.07, 6.45) is 3.42. The lowest BCUT2D eigenvalue weighted by Gasteiger charge is -2.21. The summed E-state index contributed by atoms with van der Waals surface area (Å²) in [5.74, 6) is 0.313. The smallest absolute Gasteiger partial charge is 0.184 e. The van der Waals surface area contributed by atoms with Crippen LogP contribution in [0.5, 0.6) is 0 Å². The van der Waals surface area contributed by atoms with E-state index in [9.17, 15) is 0 Å². The van der Waals surface area contributed by atoms with Crippen molar-refractivity contribution in [1.29, 1.82) is 0 Å². The summed E-state index contributed by atoms with van der Waals surface area (Å²) in [6.45, 7) is 6.87. The van der Waals surface area contributed by atoms with Crippen LogP contribution in [0.25, 0.3) is 5.57 Å². The van der Waals surface area contributed by atoms with E-state index >= 15 is 0 Å². The first-order valence-electron chi connectivity index (χ1n) is 11.4. The van der Waals surface area contributed by atoms with Gasteiger partial charge in [-0.3, -0.25) is 0 Å². The molecule has 5 heteroatoms. The molecule has 0 amide bonds. The van der Waals surface area contributed by atoms with Crippen LogP contribution in [0, 0.1) is 0 Å². The first kappa shape index (κ1) is 26.1. The SMILES string of the molecule is C=C=C(/C(=C/C=C(\N)OCc1ccccc1)C(C)OCc1ccccc1)c1cccc(Br)c1NC. The van der Waals surface area contributed by atoms with Gasteiger partial charge in [0.15, 0.2) is 5.88 Å². The predicted molar refractivity (Wildman–Crippen MR) is 149 cm³/mol. The predicted octanol–water partition coefficient (Wildman–Crippen LogP) is 7.21. The fourth-order valence-corrected chi connectivity index (χ4v) is 4.17. The van der Waals surface area contributed by atoms with Crippen molar-refractivity contribution in [3.63, 3.8) is 0 Å². The molecule has 0 bridgehead atoms. The number of nitrogens with one attached hydrogen (secondary N) is 1. The molecule has 3 aromatic rings. The lowest BCUT2D eigenvalue weighted by molar-refractivity contribution is 0.0795. The van der Waals surface area contributed by atoms with Crippen molar-refractivity contribution < 1.29 is 9.47 Å². The van der Waals surface area contributed by atoms with Crippen molar-refractivity contribution >= 4 is 27.2 Å². The maximum absolute atomic E-state index is 6.26. The molecule has 0 aliphatic heterocycles. The number of hydrogen-bond acceptors (Lipinski definition) is 4. The molecule has 4 nitrogen and oxygen atoms in total. The van der Waals surface area contributed by atoms with Crippen molar-refractivity contribution in [2.24, 2.45) is 5.73 Å². The minimum absolute atomic E-state index is 0.263. The molecule has 1 atom stereocenters. The third-order valence-corrected chi connectivity index (χ3v) is 6.12. The van der Waals surface area contributed by atoms with Crippen molar-refractivity contribution in [2.75, 3.05) is 12.4 Å². The Morgan fingerprint density at radius 1 is 0.971 bits per heavy atom. The summed E-state index contributed by atoms with van der Waals surface area (Å²) in [7, 11) is 1.89. The summed E-state index contributed by atoms with van der Waals surface area (Å²) in [6, 6.07) is 26.0. The number of allylic oxidation sites excluding steroid dienone is 2.